The van der Waals surface area contributed by atoms with Crippen molar-refractivity contribution in [3.8, 4) is 0 Å². The first-order valence-electron chi connectivity index (χ1n) is 5.49. The third-order valence-corrected chi connectivity index (χ3v) is 4.25. The lowest BCUT2D eigenvalue weighted by atomic mass is 10.1. The monoisotopic (exact) mass is 269 g/mol. The van der Waals surface area contributed by atoms with Gasteiger partial charge in [-0.1, -0.05) is 18.3 Å². The van der Waals surface area contributed by atoms with Crippen LogP contribution in [0.25, 0.3) is 0 Å². The minimum atomic E-state index is -0.544. The van der Waals surface area contributed by atoms with Gasteiger partial charge in [0.1, 0.15) is 0 Å². The fourth-order valence-corrected chi connectivity index (χ4v) is 3.19. The number of hydrogen-bond acceptors (Lipinski definition) is 6. The van der Waals surface area contributed by atoms with Crippen molar-refractivity contribution in [2.45, 2.75) is 39.2 Å². The fraction of sp³-hybridized carbons (Fsp3) is 0.545. The van der Waals surface area contributed by atoms with Crippen LogP contribution in [0.5, 0.6) is 0 Å². The van der Waals surface area contributed by atoms with E-state index in [2.05, 4.69) is 28.4 Å². The van der Waals surface area contributed by atoms with Crippen LogP contribution in [0, 0.1) is 6.92 Å². The zero-order valence-corrected chi connectivity index (χ0v) is 11.7. The molecule has 0 aromatic carbocycles. The third-order valence-electron chi connectivity index (χ3n) is 2.42. The first-order valence-corrected chi connectivity index (χ1v) is 7.14. The van der Waals surface area contributed by atoms with Gasteiger partial charge in [0.2, 0.25) is 0 Å². The summed E-state index contributed by atoms with van der Waals surface area (Å²) >= 11 is 2.86. The van der Waals surface area contributed by atoms with Crippen molar-refractivity contribution < 1.29 is 5.11 Å². The average Bonchev–Trinajstić information content (AvgIpc) is 2.86. The number of aliphatic hydroxyl groups is 1. The smallest absolute Gasteiger partial charge is 0.0980 e. The average molecular weight is 269 g/mol. The summed E-state index contributed by atoms with van der Waals surface area (Å²) in [6.07, 6.45) is 0.000185. The Bertz CT molecular complexity index is 492. The van der Waals surface area contributed by atoms with Gasteiger partial charge in [-0.05, 0) is 24.4 Å². The molecule has 92 valence electrons. The molecule has 6 heteroatoms. The van der Waals surface area contributed by atoms with Gasteiger partial charge >= 0.3 is 0 Å². The molecule has 0 radical (unpaired) electrons. The number of hydrogen-bond donors (Lipinski definition) is 1. The van der Waals surface area contributed by atoms with E-state index in [1.54, 1.807) is 11.3 Å². The Morgan fingerprint density at radius 1 is 1.41 bits per heavy atom. The van der Waals surface area contributed by atoms with Crippen LogP contribution >= 0.6 is 22.9 Å². The van der Waals surface area contributed by atoms with E-state index < -0.39 is 6.10 Å². The van der Waals surface area contributed by atoms with Crippen molar-refractivity contribution >= 4 is 22.9 Å². The maximum absolute atomic E-state index is 10.2. The van der Waals surface area contributed by atoms with E-state index in [0.717, 1.165) is 21.3 Å². The summed E-state index contributed by atoms with van der Waals surface area (Å²) in [6, 6.07) is 0. The molecule has 0 aliphatic heterocycles. The van der Waals surface area contributed by atoms with E-state index in [-0.39, 0.29) is 5.92 Å². The predicted octanol–water partition coefficient (Wildman–Crippen LogP) is 2.70. The Hall–Kier alpha value is -0.850. The molecule has 4 nitrogen and oxygen atoms in total. The predicted molar refractivity (Wildman–Crippen MR) is 69.5 cm³/mol. The summed E-state index contributed by atoms with van der Waals surface area (Å²) in [6.45, 7) is 6.07. The summed E-state index contributed by atoms with van der Waals surface area (Å²) in [5.74, 6) is 0.288. The normalized spacial score (nSPS) is 13.2. The molecule has 0 saturated heterocycles. The standard InChI is InChI=1S/C11H15N3OS2/c1-6(2)10-11(17-14-13-10)8(15)4-9-12-7(3)5-16-9/h5-6,8,15H,4H2,1-3H3. The molecule has 2 heterocycles. The second-order valence-corrected chi connectivity index (χ2v) is 6.01. The van der Waals surface area contributed by atoms with Crippen molar-refractivity contribution in [3.05, 3.63) is 26.7 Å². The molecule has 0 bridgehead atoms. The van der Waals surface area contributed by atoms with Gasteiger partial charge in [-0.3, -0.25) is 0 Å². The Balaban J connectivity index is 2.14. The largest absolute Gasteiger partial charge is 0.387 e. The van der Waals surface area contributed by atoms with E-state index in [4.69, 9.17) is 0 Å². The van der Waals surface area contributed by atoms with Gasteiger partial charge < -0.3 is 5.11 Å². The van der Waals surface area contributed by atoms with Crippen LogP contribution in [-0.4, -0.2) is 19.7 Å². The van der Waals surface area contributed by atoms with Crippen LogP contribution in [0.3, 0.4) is 0 Å². The van der Waals surface area contributed by atoms with Crippen LogP contribution in [-0.2, 0) is 6.42 Å². The highest BCUT2D eigenvalue weighted by Gasteiger charge is 2.20. The molecule has 17 heavy (non-hydrogen) atoms. The highest BCUT2D eigenvalue weighted by molar-refractivity contribution is 7.09. The van der Waals surface area contributed by atoms with Gasteiger partial charge in [0.25, 0.3) is 0 Å². The molecule has 1 atom stereocenters. The number of thiazole rings is 1. The van der Waals surface area contributed by atoms with E-state index in [0.29, 0.717) is 6.42 Å². The summed E-state index contributed by atoms with van der Waals surface area (Å²) in [5, 5.41) is 17.2. The van der Waals surface area contributed by atoms with E-state index >= 15 is 0 Å². The second kappa shape index (κ2) is 5.20. The lowest BCUT2D eigenvalue weighted by molar-refractivity contribution is 0.180. The maximum atomic E-state index is 10.2. The zero-order chi connectivity index (χ0) is 12.4. The zero-order valence-electron chi connectivity index (χ0n) is 10.0. The lowest BCUT2D eigenvalue weighted by Crippen LogP contribution is -2.04. The molecule has 0 spiro atoms. The van der Waals surface area contributed by atoms with Crippen LogP contribution in [0.4, 0.5) is 0 Å². The highest BCUT2D eigenvalue weighted by Crippen LogP contribution is 2.29. The van der Waals surface area contributed by atoms with Gasteiger partial charge in [-0.2, -0.15) is 0 Å². The van der Waals surface area contributed by atoms with Crippen LogP contribution in [0.15, 0.2) is 5.38 Å². The van der Waals surface area contributed by atoms with E-state index in [9.17, 15) is 5.11 Å². The second-order valence-electron chi connectivity index (χ2n) is 4.28. The van der Waals surface area contributed by atoms with E-state index in [1.165, 1.54) is 11.5 Å². The highest BCUT2D eigenvalue weighted by atomic mass is 32.1. The Morgan fingerprint density at radius 3 is 2.76 bits per heavy atom. The van der Waals surface area contributed by atoms with Crippen LogP contribution in [0.1, 0.15) is 47.1 Å². The van der Waals surface area contributed by atoms with Gasteiger partial charge in [0, 0.05) is 17.5 Å². The van der Waals surface area contributed by atoms with Crippen LogP contribution < -0.4 is 0 Å². The van der Waals surface area contributed by atoms with Crippen molar-refractivity contribution in [1.82, 2.24) is 14.6 Å². The van der Waals surface area contributed by atoms with Crippen molar-refractivity contribution in [2.75, 3.05) is 0 Å². The van der Waals surface area contributed by atoms with Gasteiger partial charge in [0.15, 0.2) is 0 Å². The number of aliphatic hydroxyl groups excluding tert-OH is 1. The SMILES string of the molecule is Cc1csc(CC(O)c2snnc2C(C)C)n1. The first kappa shape index (κ1) is 12.6. The number of rotatable bonds is 4. The molecule has 0 amide bonds. The maximum Gasteiger partial charge on any atom is 0.0980 e. The first-order chi connectivity index (χ1) is 8.08. The number of aromatic nitrogens is 3. The van der Waals surface area contributed by atoms with Crippen molar-refractivity contribution in [2.24, 2.45) is 0 Å². The van der Waals surface area contributed by atoms with Crippen molar-refractivity contribution in [3.63, 3.8) is 0 Å². The molecule has 2 aromatic rings. The van der Waals surface area contributed by atoms with Gasteiger partial charge in [-0.15, -0.1) is 16.4 Å². The molecule has 0 saturated carbocycles. The quantitative estimate of drug-likeness (QED) is 0.927. The van der Waals surface area contributed by atoms with Crippen LogP contribution in [0.2, 0.25) is 0 Å². The molecule has 1 unspecified atom stereocenters. The summed E-state index contributed by atoms with van der Waals surface area (Å²) in [7, 11) is 0. The fourth-order valence-electron chi connectivity index (χ4n) is 1.59. The molecule has 0 aliphatic rings. The molecule has 1 N–H and O–H groups in total. The molecule has 0 fully saturated rings. The number of nitrogens with zero attached hydrogens (tertiary/aromatic N) is 3. The Morgan fingerprint density at radius 2 is 2.18 bits per heavy atom. The molecule has 2 rings (SSSR count). The molecular weight excluding hydrogens is 254 g/mol. The topological polar surface area (TPSA) is 58.9 Å². The van der Waals surface area contributed by atoms with Crippen molar-refractivity contribution in [1.29, 1.82) is 0 Å². The summed E-state index contributed by atoms with van der Waals surface area (Å²) in [4.78, 5) is 5.23. The summed E-state index contributed by atoms with van der Waals surface area (Å²) < 4.78 is 3.93. The Labute approximate surface area is 109 Å². The molecular formula is C11H15N3OS2. The molecule has 2 aromatic heterocycles. The van der Waals surface area contributed by atoms with E-state index in [1.807, 2.05) is 12.3 Å². The van der Waals surface area contributed by atoms with Gasteiger partial charge in [-0.25, -0.2) is 4.98 Å². The molecule has 0 aliphatic carbocycles. The lowest BCUT2D eigenvalue weighted by Gasteiger charge is -2.09. The Kier molecular flexibility index (Phi) is 3.86. The minimum absolute atomic E-state index is 0.288. The summed E-state index contributed by atoms with van der Waals surface area (Å²) in [5.41, 5.74) is 1.90. The number of aryl methyl sites for hydroxylation is 1. The minimum Gasteiger partial charge on any atom is -0.387 e. The third kappa shape index (κ3) is 2.88. The van der Waals surface area contributed by atoms with Gasteiger partial charge in [0.05, 0.1) is 21.7 Å².